The maximum absolute atomic E-state index is 14.1. The fourth-order valence-corrected chi connectivity index (χ4v) is 6.86. The first-order valence-electron chi connectivity index (χ1n) is 21.5. The summed E-state index contributed by atoms with van der Waals surface area (Å²) in [5.74, 6) is -6.24. The average molecular weight is 903 g/mol. The van der Waals surface area contributed by atoms with Crippen molar-refractivity contribution in [3.8, 4) is 5.75 Å². The zero-order chi connectivity index (χ0) is 48.1. The summed E-state index contributed by atoms with van der Waals surface area (Å²) in [7, 11) is 0. The van der Waals surface area contributed by atoms with E-state index in [0.717, 1.165) is 0 Å². The highest BCUT2D eigenvalue weighted by Gasteiger charge is 2.39. The van der Waals surface area contributed by atoms with E-state index in [1.165, 1.54) is 29.2 Å². The highest BCUT2D eigenvalue weighted by atomic mass is 16.4. The van der Waals surface area contributed by atoms with Crippen molar-refractivity contribution >= 4 is 53.3 Å². The minimum absolute atomic E-state index is 0.0282. The van der Waals surface area contributed by atoms with Crippen LogP contribution in [-0.4, -0.2) is 137 Å². The molecule has 0 unspecified atom stereocenters. The Morgan fingerprint density at radius 3 is 1.81 bits per heavy atom. The largest absolute Gasteiger partial charge is 0.508 e. The molecule has 0 aliphatic carbocycles. The lowest BCUT2D eigenvalue weighted by atomic mass is 9.99. The number of carboxylic acid groups (broad SMARTS) is 1. The highest BCUT2D eigenvalue weighted by molar-refractivity contribution is 5.97. The number of nitrogens with two attached hydrogens (primary N) is 6. The third kappa shape index (κ3) is 18.6. The van der Waals surface area contributed by atoms with E-state index in [1.54, 1.807) is 13.8 Å². The number of hydrogen-bond donors (Lipinski definition) is 13. The molecule has 0 aromatic heterocycles. The fraction of sp³-hybridized carbons (Fsp3) is 0.634. The maximum Gasteiger partial charge on any atom is 0.326 e. The van der Waals surface area contributed by atoms with Gasteiger partial charge >= 0.3 is 5.97 Å². The van der Waals surface area contributed by atoms with Gasteiger partial charge in [-0.1, -0.05) is 39.8 Å². The molecule has 0 spiro atoms. The lowest BCUT2D eigenvalue weighted by molar-refractivity contribution is -0.142. The van der Waals surface area contributed by atoms with Crippen LogP contribution >= 0.6 is 0 Å². The van der Waals surface area contributed by atoms with Gasteiger partial charge in [-0.2, -0.15) is 0 Å². The van der Waals surface area contributed by atoms with Crippen LogP contribution in [-0.2, 0) is 40.0 Å². The Morgan fingerprint density at radius 1 is 0.719 bits per heavy atom. The van der Waals surface area contributed by atoms with Gasteiger partial charge in [-0.25, -0.2) is 4.79 Å². The summed E-state index contributed by atoms with van der Waals surface area (Å²) in [4.78, 5) is 104. The number of aliphatic imine (C=N–C) groups is 2. The molecular weight excluding hydrogens is 833 g/mol. The number of amides is 6. The number of carbonyl (C=O) groups is 7. The number of carbonyl (C=O) groups excluding carboxylic acids is 6. The second kappa shape index (κ2) is 27.1. The van der Waals surface area contributed by atoms with Crippen molar-refractivity contribution in [3.63, 3.8) is 0 Å². The quantitative estimate of drug-likeness (QED) is 0.0237. The molecule has 358 valence electrons. The normalized spacial score (nSPS) is 16.3. The number of phenolic OH excluding ortho intramolecular Hbond substituents is 1. The van der Waals surface area contributed by atoms with Crippen LogP contribution in [0.5, 0.6) is 5.75 Å². The Hall–Kier alpha value is -6.23. The molecule has 1 aliphatic rings. The molecular formula is C41H70N14O9. The van der Waals surface area contributed by atoms with Gasteiger partial charge in [-0.15, -0.1) is 0 Å². The van der Waals surface area contributed by atoms with Gasteiger partial charge in [0.2, 0.25) is 35.4 Å². The fourth-order valence-electron chi connectivity index (χ4n) is 6.86. The van der Waals surface area contributed by atoms with Crippen LogP contribution in [0.3, 0.4) is 0 Å². The summed E-state index contributed by atoms with van der Waals surface area (Å²) < 4.78 is 0. The van der Waals surface area contributed by atoms with Crippen molar-refractivity contribution in [2.45, 2.75) is 128 Å². The van der Waals surface area contributed by atoms with Crippen LogP contribution in [0, 0.1) is 11.8 Å². The third-order valence-electron chi connectivity index (χ3n) is 10.5. The summed E-state index contributed by atoms with van der Waals surface area (Å²) >= 11 is 0. The molecule has 2 rings (SSSR count). The number of aromatic hydroxyl groups is 1. The molecule has 1 aromatic carbocycles. The number of nitrogens with one attached hydrogen (secondary N) is 5. The van der Waals surface area contributed by atoms with Gasteiger partial charge in [0, 0.05) is 32.6 Å². The predicted octanol–water partition coefficient (Wildman–Crippen LogP) is -3.08. The number of hydrogen-bond acceptors (Lipinski definition) is 12. The lowest BCUT2D eigenvalue weighted by Crippen LogP contribution is -2.61. The zero-order valence-corrected chi connectivity index (χ0v) is 37.3. The molecule has 0 saturated carbocycles. The number of nitrogens with zero attached hydrogens (tertiary/aromatic N) is 3. The number of carboxylic acids is 1. The average Bonchev–Trinajstić information content (AvgIpc) is 3.73. The minimum Gasteiger partial charge on any atom is -0.508 e. The molecule has 19 N–H and O–H groups in total. The number of benzene rings is 1. The van der Waals surface area contributed by atoms with E-state index in [9.17, 15) is 43.8 Å². The monoisotopic (exact) mass is 903 g/mol. The zero-order valence-electron chi connectivity index (χ0n) is 37.3. The molecule has 1 heterocycles. The van der Waals surface area contributed by atoms with E-state index >= 15 is 0 Å². The van der Waals surface area contributed by atoms with Gasteiger partial charge in [-0.05, 0) is 80.9 Å². The minimum atomic E-state index is -1.38. The Kier molecular flexibility index (Phi) is 22.8. The summed E-state index contributed by atoms with van der Waals surface area (Å²) in [6.45, 7) is 7.37. The van der Waals surface area contributed by atoms with Crippen molar-refractivity contribution in [1.29, 1.82) is 0 Å². The second-order valence-corrected chi connectivity index (χ2v) is 16.6. The standard InChI is InChI=1S/C41H70N14O9/c1-22(2)11-16-28(39(63)64)51-35(59)30(21-42)53-34(58)29(20-24-12-14-25(56)15-13-24)52-37(61)32(23(3)4)54-33(57)27(9-6-18-49-41(46)47)50-36(60)31-10-7-19-55(31)38(62)26(43)8-5-17-48-40(44)45/h12-15,22-23,26-32,56H,5-11,16-21,42-43H2,1-4H3,(H,50,60)(H,51,59)(H,52,61)(H,53,58)(H,54,57)(H,63,64)(H4,44,45,48)(H4,46,47,49)/t26-,27-,28-,29-,30-,31-,32-/m0/s1. The van der Waals surface area contributed by atoms with Crippen molar-refractivity contribution in [2.75, 3.05) is 26.2 Å². The summed E-state index contributed by atoms with van der Waals surface area (Å²) in [5.41, 5.74) is 34.3. The molecule has 1 aromatic rings. The summed E-state index contributed by atoms with van der Waals surface area (Å²) in [6.07, 6.45) is 2.30. The van der Waals surface area contributed by atoms with E-state index < -0.39 is 96.2 Å². The number of guanidine groups is 2. The molecule has 6 amide bonds. The maximum atomic E-state index is 14.1. The number of likely N-dealkylation sites (tertiary alicyclic amines) is 1. The Balaban J connectivity index is 2.33. The molecule has 7 atom stereocenters. The molecule has 64 heavy (non-hydrogen) atoms. The smallest absolute Gasteiger partial charge is 0.326 e. The van der Waals surface area contributed by atoms with E-state index in [-0.39, 0.29) is 75.3 Å². The first-order valence-corrected chi connectivity index (χ1v) is 21.5. The van der Waals surface area contributed by atoms with Gasteiger partial charge in [0.05, 0.1) is 6.04 Å². The first-order chi connectivity index (χ1) is 30.1. The van der Waals surface area contributed by atoms with Crippen LogP contribution in [0.1, 0.15) is 84.6 Å². The van der Waals surface area contributed by atoms with E-state index in [2.05, 4.69) is 36.6 Å². The Bertz CT molecular complexity index is 1780. The molecule has 23 nitrogen and oxygen atoms in total. The number of rotatable bonds is 27. The second-order valence-electron chi connectivity index (χ2n) is 16.6. The molecule has 0 bridgehead atoms. The Morgan fingerprint density at radius 2 is 1.27 bits per heavy atom. The van der Waals surface area contributed by atoms with Gasteiger partial charge in [-0.3, -0.25) is 38.8 Å². The molecule has 1 saturated heterocycles. The highest BCUT2D eigenvalue weighted by Crippen LogP contribution is 2.20. The van der Waals surface area contributed by atoms with Crippen LogP contribution in [0.2, 0.25) is 0 Å². The number of aliphatic carboxylic acids is 1. The van der Waals surface area contributed by atoms with Crippen LogP contribution < -0.4 is 61.0 Å². The lowest BCUT2D eigenvalue weighted by Gasteiger charge is -2.30. The van der Waals surface area contributed by atoms with Gasteiger partial charge in [0.15, 0.2) is 11.9 Å². The SMILES string of the molecule is CC(C)CC[C@H](NC(=O)[C@H](CN)NC(=O)[C@H](Cc1ccc(O)cc1)NC(=O)[C@@H](NC(=O)[C@H](CCCN=C(N)N)NC(=O)[C@@H]1CCCN1C(=O)[C@@H](N)CCCN=C(N)N)C(C)C)C(=O)O. The van der Waals surface area contributed by atoms with Crippen molar-refractivity contribution in [1.82, 2.24) is 31.5 Å². The van der Waals surface area contributed by atoms with Gasteiger partial charge < -0.3 is 76.1 Å². The van der Waals surface area contributed by atoms with Gasteiger partial charge in [0.25, 0.3) is 0 Å². The predicted molar refractivity (Wildman–Crippen MR) is 240 cm³/mol. The van der Waals surface area contributed by atoms with Crippen molar-refractivity contribution in [3.05, 3.63) is 29.8 Å². The summed E-state index contributed by atoms with van der Waals surface area (Å²) in [6, 6.07) is -2.51. The Labute approximate surface area is 373 Å². The molecule has 23 heteroatoms. The van der Waals surface area contributed by atoms with Crippen molar-refractivity contribution in [2.24, 2.45) is 56.2 Å². The molecule has 1 aliphatic heterocycles. The third-order valence-corrected chi connectivity index (χ3v) is 10.5. The van der Waals surface area contributed by atoms with E-state index in [1.807, 2.05) is 13.8 Å². The number of phenols is 1. The molecule has 1 fully saturated rings. The summed E-state index contributed by atoms with van der Waals surface area (Å²) in [5, 5.41) is 32.6. The van der Waals surface area contributed by atoms with Crippen LogP contribution in [0.25, 0.3) is 0 Å². The van der Waals surface area contributed by atoms with E-state index in [4.69, 9.17) is 34.4 Å². The van der Waals surface area contributed by atoms with Crippen LogP contribution in [0.15, 0.2) is 34.3 Å². The van der Waals surface area contributed by atoms with Crippen LogP contribution in [0.4, 0.5) is 0 Å². The topological polar surface area (TPSA) is 404 Å². The van der Waals surface area contributed by atoms with E-state index in [0.29, 0.717) is 31.2 Å². The van der Waals surface area contributed by atoms with Gasteiger partial charge in [0.1, 0.15) is 42.0 Å². The first kappa shape index (κ1) is 53.9. The molecule has 0 radical (unpaired) electrons. The van der Waals surface area contributed by atoms with Crippen molar-refractivity contribution < 1.29 is 43.8 Å².